The van der Waals surface area contributed by atoms with Gasteiger partial charge in [0.2, 0.25) is 0 Å². The second-order valence-corrected chi connectivity index (χ2v) is 7.21. The highest BCUT2D eigenvalue weighted by Crippen LogP contribution is 2.16. The predicted molar refractivity (Wildman–Crippen MR) is 123 cm³/mol. The van der Waals surface area contributed by atoms with Gasteiger partial charge in [0.05, 0.1) is 12.2 Å². The van der Waals surface area contributed by atoms with Crippen LogP contribution in [0.3, 0.4) is 0 Å². The minimum Gasteiger partial charge on any atom is -0.356 e. The van der Waals surface area contributed by atoms with E-state index in [0.29, 0.717) is 6.54 Å². The van der Waals surface area contributed by atoms with Crippen LogP contribution in [0.1, 0.15) is 44.0 Å². The Balaban J connectivity index is 0.00000261. The molecule has 6 nitrogen and oxygen atoms in total. The second-order valence-electron chi connectivity index (χ2n) is 7.21. The third kappa shape index (κ3) is 6.07. The molecule has 0 amide bonds. The lowest BCUT2D eigenvalue weighted by Crippen LogP contribution is -2.41. The third-order valence-corrected chi connectivity index (χ3v) is 5.26. The van der Waals surface area contributed by atoms with Crippen molar-refractivity contribution in [3.05, 3.63) is 35.8 Å². The number of aliphatic imine (C=N–C) groups is 1. The van der Waals surface area contributed by atoms with Crippen molar-refractivity contribution < 1.29 is 0 Å². The van der Waals surface area contributed by atoms with Crippen molar-refractivity contribution >= 4 is 35.6 Å². The fourth-order valence-electron chi connectivity index (χ4n) is 3.66. The summed E-state index contributed by atoms with van der Waals surface area (Å²) in [6.45, 7) is 8.47. The zero-order valence-corrected chi connectivity index (χ0v) is 19.1. The molecule has 1 fully saturated rings. The maximum atomic E-state index is 4.66. The maximum Gasteiger partial charge on any atom is 0.191 e. The van der Waals surface area contributed by atoms with Crippen LogP contribution in [0.15, 0.2) is 29.4 Å². The standard InChI is InChI=1S/C20H32N6.HI/c1-16-8-4-5-12-25(16)13-7-11-22-20(21-3)23-14-18-15-26-17(2)9-6-10-19(26)24-18;/h6,9-10,15-16H,4-5,7-8,11-14H2,1-3H3,(H2,21,22,23);1H. The number of fused-ring (bicyclic) bond motifs is 1. The molecule has 3 heterocycles. The molecule has 7 heteroatoms. The number of rotatable bonds is 6. The summed E-state index contributed by atoms with van der Waals surface area (Å²) < 4.78 is 2.12. The first-order chi connectivity index (χ1) is 12.7. The molecule has 0 radical (unpaired) electrons. The van der Waals surface area contributed by atoms with E-state index in [2.05, 4.69) is 56.0 Å². The summed E-state index contributed by atoms with van der Waals surface area (Å²) in [7, 11) is 1.82. The minimum atomic E-state index is 0. The van der Waals surface area contributed by atoms with Gasteiger partial charge >= 0.3 is 0 Å². The maximum absolute atomic E-state index is 4.66. The van der Waals surface area contributed by atoms with Crippen molar-refractivity contribution in [2.24, 2.45) is 4.99 Å². The highest BCUT2D eigenvalue weighted by atomic mass is 127. The van der Waals surface area contributed by atoms with E-state index < -0.39 is 0 Å². The molecule has 27 heavy (non-hydrogen) atoms. The number of pyridine rings is 1. The van der Waals surface area contributed by atoms with E-state index in [1.807, 2.05) is 19.2 Å². The summed E-state index contributed by atoms with van der Waals surface area (Å²) in [5.74, 6) is 0.838. The Morgan fingerprint density at radius 3 is 2.89 bits per heavy atom. The number of aryl methyl sites for hydroxylation is 1. The number of guanidine groups is 1. The van der Waals surface area contributed by atoms with Crippen LogP contribution >= 0.6 is 24.0 Å². The van der Waals surface area contributed by atoms with E-state index in [-0.39, 0.29) is 24.0 Å². The molecule has 0 saturated carbocycles. The van der Waals surface area contributed by atoms with Crippen LogP contribution in [0, 0.1) is 6.92 Å². The number of hydrogen-bond acceptors (Lipinski definition) is 3. The molecule has 1 unspecified atom stereocenters. The van der Waals surface area contributed by atoms with Gasteiger partial charge in [-0.1, -0.05) is 12.5 Å². The lowest BCUT2D eigenvalue weighted by atomic mass is 10.0. The summed E-state index contributed by atoms with van der Waals surface area (Å²) in [6.07, 6.45) is 7.30. The topological polar surface area (TPSA) is 57.0 Å². The van der Waals surface area contributed by atoms with Crippen LogP contribution < -0.4 is 10.6 Å². The van der Waals surface area contributed by atoms with Crippen LogP contribution in [0.4, 0.5) is 0 Å². The lowest BCUT2D eigenvalue weighted by Gasteiger charge is -2.33. The van der Waals surface area contributed by atoms with Crippen molar-refractivity contribution in [3.8, 4) is 0 Å². The highest BCUT2D eigenvalue weighted by molar-refractivity contribution is 14.0. The SMILES string of the molecule is CN=C(NCCCN1CCCCC1C)NCc1cn2c(C)cccc2n1.I. The molecule has 1 aliphatic heterocycles. The molecule has 2 N–H and O–H groups in total. The third-order valence-electron chi connectivity index (χ3n) is 5.26. The molecular formula is C20H33IN6. The first-order valence-electron chi connectivity index (χ1n) is 9.79. The largest absolute Gasteiger partial charge is 0.356 e. The molecule has 1 saturated heterocycles. The van der Waals surface area contributed by atoms with Gasteiger partial charge in [-0.05, 0) is 51.8 Å². The van der Waals surface area contributed by atoms with Gasteiger partial charge in [-0.15, -0.1) is 24.0 Å². The van der Waals surface area contributed by atoms with E-state index in [1.54, 1.807) is 0 Å². The summed E-state index contributed by atoms with van der Waals surface area (Å²) in [5, 5.41) is 6.78. The van der Waals surface area contributed by atoms with Crippen LogP contribution in [0.5, 0.6) is 0 Å². The average Bonchev–Trinajstić information content (AvgIpc) is 3.07. The molecule has 0 spiro atoms. The number of hydrogen-bond donors (Lipinski definition) is 2. The van der Waals surface area contributed by atoms with Gasteiger partial charge in [-0.2, -0.15) is 0 Å². The molecule has 1 atom stereocenters. The van der Waals surface area contributed by atoms with Gasteiger partial charge in [0.15, 0.2) is 5.96 Å². The molecule has 0 aromatic carbocycles. The van der Waals surface area contributed by atoms with Crippen LogP contribution in [0.25, 0.3) is 5.65 Å². The molecule has 2 aromatic rings. The summed E-state index contributed by atoms with van der Waals surface area (Å²) in [6, 6.07) is 6.90. The lowest BCUT2D eigenvalue weighted by molar-refractivity contribution is 0.159. The van der Waals surface area contributed by atoms with Gasteiger partial charge in [0.25, 0.3) is 0 Å². The number of nitrogens with one attached hydrogen (secondary N) is 2. The van der Waals surface area contributed by atoms with Gasteiger partial charge in [-0.25, -0.2) is 4.98 Å². The summed E-state index contributed by atoms with van der Waals surface area (Å²) in [4.78, 5) is 11.6. The second kappa shape index (κ2) is 10.8. The number of nitrogens with zero attached hydrogens (tertiary/aromatic N) is 4. The molecule has 1 aliphatic rings. The number of halogens is 1. The molecule has 0 bridgehead atoms. The van der Waals surface area contributed by atoms with Gasteiger partial charge in [0.1, 0.15) is 5.65 Å². The Labute approximate surface area is 179 Å². The normalized spacial score (nSPS) is 18.3. The van der Waals surface area contributed by atoms with E-state index >= 15 is 0 Å². The molecule has 0 aliphatic carbocycles. The Kier molecular flexibility index (Phi) is 8.82. The van der Waals surface area contributed by atoms with Crippen molar-refractivity contribution in [1.82, 2.24) is 24.9 Å². The van der Waals surface area contributed by atoms with Gasteiger partial charge in [0, 0.05) is 38.1 Å². The summed E-state index contributed by atoms with van der Waals surface area (Å²) in [5.41, 5.74) is 3.19. The molecule has 150 valence electrons. The number of piperidine rings is 1. The first-order valence-corrected chi connectivity index (χ1v) is 9.79. The van der Waals surface area contributed by atoms with Crippen molar-refractivity contribution in [3.63, 3.8) is 0 Å². The Bertz CT molecular complexity index is 741. The van der Waals surface area contributed by atoms with E-state index in [9.17, 15) is 0 Å². The van der Waals surface area contributed by atoms with Crippen molar-refractivity contribution in [1.29, 1.82) is 0 Å². The fraction of sp³-hybridized carbons (Fsp3) is 0.600. The number of likely N-dealkylation sites (tertiary alicyclic amines) is 1. The zero-order chi connectivity index (χ0) is 18.4. The van der Waals surface area contributed by atoms with Crippen molar-refractivity contribution in [2.75, 3.05) is 26.7 Å². The van der Waals surface area contributed by atoms with E-state index in [1.165, 1.54) is 31.5 Å². The Morgan fingerprint density at radius 2 is 2.15 bits per heavy atom. The fourth-order valence-corrected chi connectivity index (χ4v) is 3.66. The quantitative estimate of drug-likeness (QED) is 0.286. The van der Waals surface area contributed by atoms with Gasteiger partial charge < -0.3 is 19.9 Å². The number of aromatic nitrogens is 2. The highest BCUT2D eigenvalue weighted by Gasteiger charge is 2.17. The van der Waals surface area contributed by atoms with Crippen LogP contribution in [-0.4, -0.2) is 53.0 Å². The van der Waals surface area contributed by atoms with Gasteiger partial charge in [-0.3, -0.25) is 4.99 Å². The molecule has 3 rings (SSSR count). The summed E-state index contributed by atoms with van der Waals surface area (Å²) >= 11 is 0. The van der Waals surface area contributed by atoms with Crippen molar-refractivity contribution in [2.45, 2.75) is 52.1 Å². The number of imidazole rings is 1. The van der Waals surface area contributed by atoms with E-state index in [4.69, 9.17) is 0 Å². The predicted octanol–water partition coefficient (Wildman–Crippen LogP) is 3.19. The Hall–Kier alpha value is -1.35. The molecule has 2 aromatic heterocycles. The Morgan fingerprint density at radius 1 is 1.30 bits per heavy atom. The minimum absolute atomic E-state index is 0. The van der Waals surface area contributed by atoms with Crippen LogP contribution in [-0.2, 0) is 6.54 Å². The average molecular weight is 484 g/mol. The first kappa shape index (κ1) is 21.9. The molecular weight excluding hydrogens is 451 g/mol. The zero-order valence-electron chi connectivity index (χ0n) is 16.7. The smallest absolute Gasteiger partial charge is 0.191 e. The van der Waals surface area contributed by atoms with E-state index in [0.717, 1.165) is 42.9 Å². The monoisotopic (exact) mass is 484 g/mol. The van der Waals surface area contributed by atoms with Crippen LogP contribution in [0.2, 0.25) is 0 Å².